The predicted molar refractivity (Wildman–Crippen MR) is 64.2 cm³/mol. The molecule has 0 aliphatic heterocycles. The van der Waals surface area contributed by atoms with Crippen LogP contribution < -0.4 is 16.6 Å². The molecule has 92 valence electrons. The lowest BCUT2D eigenvalue weighted by Crippen LogP contribution is -2.16. The lowest BCUT2D eigenvalue weighted by Gasteiger charge is -2.05. The second-order valence-electron chi connectivity index (χ2n) is 3.37. The first kappa shape index (κ1) is 11.9. The molecule has 0 atom stereocenters. The molecular formula is C11H10FN5O. The molecule has 0 aliphatic rings. The highest BCUT2D eigenvalue weighted by Gasteiger charge is 2.08. The number of hydrazine groups is 1. The van der Waals surface area contributed by atoms with E-state index in [1.54, 1.807) is 12.1 Å². The van der Waals surface area contributed by atoms with Gasteiger partial charge in [-0.1, -0.05) is 6.07 Å². The Labute approximate surface area is 102 Å². The summed E-state index contributed by atoms with van der Waals surface area (Å²) in [5.41, 5.74) is 2.51. The van der Waals surface area contributed by atoms with Gasteiger partial charge in [-0.25, -0.2) is 20.2 Å². The van der Waals surface area contributed by atoms with E-state index in [2.05, 4.69) is 20.7 Å². The van der Waals surface area contributed by atoms with Crippen molar-refractivity contribution in [1.82, 2.24) is 9.97 Å². The minimum absolute atomic E-state index is 0.177. The summed E-state index contributed by atoms with van der Waals surface area (Å²) in [6.07, 6.45) is 1.01. The summed E-state index contributed by atoms with van der Waals surface area (Å²) in [6, 6.07) is 7.34. The number of amides is 1. The zero-order valence-corrected chi connectivity index (χ0v) is 9.22. The van der Waals surface area contributed by atoms with E-state index in [1.165, 1.54) is 18.2 Å². The van der Waals surface area contributed by atoms with Crippen LogP contribution in [0.5, 0.6) is 0 Å². The molecule has 2 aromatic heterocycles. The number of halogens is 1. The van der Waals surface area contributed by atoms with E-state index in [9.17, 15) is 9.18 Å². The summed E-state index contributed by atoms with van der Waals surface area (Å²) in [5, 5.41) is 2.49. The molecule has 6 nitrogen and oxygen atoms in total. The zero-order valence-electron chi connectivity index (χ0n) is 9.22. The first-order valence-corrected chi connectivity index (χ1v) is 5.05. The number of carbonyl (C=O) groups is 1. The van der Waals surface area contributed by atoms with Gasteiger partial charge >= 0.3 is 0 Å². The third kappa shape index (κ3) is 2.77. The van der Waals surface area contributed by atoms with E-state index >= 15 is 0 Å². The van der Waals surface area contributed by atoms with Gasteiger partial charge in [-0.05, 0) is 24.3 Å². The van der Waals surface area contributed by atoms with Crippen LogP contribution in [0.2, 0.25) is 0 Å². The summed E-state index contributed by atoms with van der Waals surface area (Å²) < 4.78 is 12.6. The van der Waals surface area contributed by atoms with E-state index in [-0.39, 0.29) is 11.5 Å². The minimum Gasteiger partial charge on any atom is -0.308 e. The number of nitrogen functional groups attached to an aromatic ring is 1. The maximum atomic E-state index is 12.6. The van der Waals surface area contributed by atoms with Crippen molar-refractivity contribution in [2.24, 2.45) is 5.84 Å². The van der Waals surface area contributed by atoms with Crippen LogP contribution in [0.15, 0.2) is 36.5 Å². The normalized spacial score (nSPS) is 9.89. The largest absolute Gasteiger partial charge is 0.308 e. The average Bonchev–Trinajstić information content (AvgIpc) is 2.41. The summed E-state index contributed by atoms with van der Waals surface area (Å²) >= 11 is 0. The number of aromatic nitrogens is 2. The van der Waals surface area contributed by atoms with Crippen LogP contribution in [0.4, 0.5) is 16.0 Å². The van der Waals surface area contributed by atoms with Crippen LogP contribution in [0, 0.1) is 5.82 Å². The minimum atomic E-state index is -0.472. The fourth-order valence-corrected chi connectivity index (χ4v) is 1.27. The van der Waals surface area contributed by atoms with Crippen LogP contribution in [-0.4, -0.2) is 15.9 Å². The van der Waals surface area contributed by atoms with Crippen molar-refractivity contribution in [1.29, 1.82) is 0 Å². The second-order valence-corrected chi connectivity index (χ2v) is 3.37. The van der Waals surface area contributed by atoms with Crippen molar-refractivity contribution in [3.63, 3.8) is 0 Å². The van der Waals surface area contributed by atoms with Gasteiger partial charge in [-0.2, -0.15) is 0 Å². The predicted octanol–water partition coefficient (Wildman–Crippen LogP) is 1.15. The molecule has 2 heterocycles. The smallest absolute Gasteiger partial charge is 0.275 e. The van der Waals surface area contributed by atoms with Crippen molar-refractivity contribution in [3.8, 4) is 0 Å². The number of nitrogens with one attached hydrogen (secondary N) is 2. The lowest BCUT2D eigenvalue weighted by molar-refractivity contribution is 0.102. The number of carbonyl (C=O) groups excluding carboxylic acids is 1. The number of nitrogens with zero attached hydrogens (tertiary/aromatic N) is 2. The van der Waals surface area contributed by atoms with Crippen molar-refractivity contribution in [2.75, 3.05) is 10.7 Å². The SMILES string of the molecule is NNc1cccc(C(=O)Nc2ccc(F)cn2)n1. The number of anilines is 2. The average molecular weight is 247 g/mol. The van der Waals surface area contributed by atoms with Gasteiger partial charge in [0.2, 0.25) is 0 Å². The van der Waals surface area contributed by atoms with Gasteiger partial charge in [-0.15, -0.1) is 0 Å². The molecule has 0 saturated heterocycles. The number of hydrogen-bond donors (Lipinski definition) is 3. The molecule has 0 radical (unpaired) electrons. The van der Waals surface area contributed by atoms with Crippen molar-refractivity contribution >= 4 is 17.5 Å². The maximum Gasteiger partial charge on any atom is 0.275 e. The van der Waals surface area contributed by atoms with Crippen LogP contribution in [0.1, 0.15) is 10.5 Å². The topological polar surface area (TPSA) is 92.9 Å². The fraction of sp³-hybridized carbons (Fsp3) is 0. The van der Waals surface area contributed by atoms with E-state index in [0.717, 1.165) is 6.20 Å². The first-order valence-electron chi connectivity index (χ1n) is 5.05. The Morgan fingerprint density at radius 1 is 1.22 bits per heavy atom. The summed E-state index contributed by atoms with van der Waals surface area (Å²) in [7, 11) is 0. The second kappa shape index (κ2) is 5.19. The highest BCUT2D eigenvalue weighted by atomic mass is 19.1. The molecule has 0 unspecified atom stereocenters. The first-order chi connectivity index (χ1) is 8.69. The molecule has 1 amide bonds. The lowest BCUT2D eigenvalue weighted by atomic mass is 10.3. The molecule has 0 fully saturated rings. The molecular weight excluding hydrogens is 237 g/mol. The van der Waals surface area contributed by atoms with Gasteiger partial charge < -0.3 is 10.7 Å². The molecule has 0 aromatic carbocycles. The Kier molecular flexibility index (Phi) is 3.44. The van der Waals surface area contributed by atoms with E-state index < -0.39 is 11.7 Å². The monoisotopic (exact) mass is 247 g/mol. The molecule has 0 spiro atoms. The summed E-state index contributed by atoms with van der Waals surface area (Å²) in [4.78, 5) is 19.5. The Balaban J connectivity index is 2.14. The van der Waals surface area contributed by atoms with Crippen molar-refractivity contribution in [2.45, 2.75) is 0 Å². The molecule has 2 rings (SSSR count). The highest BCUT2D eigenvalue weighted by Crippen LogP contribution is 2.07. The standard InChI is InChI=1S/C11H10FN5O/c12-7-4-5-9(14-6-7)16-11(18)8-2-1-3-10(15-8)17-13/h1-6H,13H2,(H,15,17)(H,14,16,18). The molecule has 0 bridgehead atoms. The van der Waals surface area contributed by atoms with Gasteiger partial charge in [0, 0.05) is 0 Å². The number of hydrogen-bond acceptors (Lipinski definition) is 5. The van der Waals surface area contributed by atoms with Crippen LogP contribution >= 0.6 is 0 Å². The third-order valence-corrected chi connectivity index (χ3v) is 2.10. The van der Waals surface area contributed by atoms with Gasteiger partial charge in [0.1, 0.15) is 23.1 Å². The van der Waals surface area contributed by atoms with Gasteiger partial charge in [0.05, 0.1) is 6.20 Å². The Hall–Kier alpha value is -2.54. The van der Waals surface area contributed by atoms with Crippen LogP contribution in [0.25, 0.3) is 0 Å². The number of pyridine rings is 2. The van der Waals surface area contributed by atoms with Crippen molar-refractivity contribution in [3.05, 3.63) is 48.0 Å². The number of nitrogens with two attached hydrogens (primary N) is 1. The third-order valence-electron chi connectivity index (χ3n) is 2.10. The Morgan fingerprint density at radius 3 is 2.72 bits per heavy atom. The Bertz CT molecular complexity index is 558. The molecule has 7 heteroatoms. The van der Waals surface area contributed by atoms with Crippen LogP contribution in [0.3, 0.4) is 0 Å². The van der Waals surface area contributed by atoms with Gasteiger partial charge in [0.25, 0.3) is 5.91 Å². The molecule has 0 aliphatic carbocycles. The highest BCUT2D eigenvalue weighted by molar-refractivity contribution is 6.02. The molecule has 0 saturated carbocycles. The quantitative estimate of drug-likeness (QED) is 0.559. The van der Waals surface area contributed by atoms with E-state index in [4.69, 9.17) is 5.84 Å². The molecule has 4 N–H and O–H groups in total. The number of rotatable bonds is 3. The van der Waals surface area contributed by atoms with Crippen LogP contribution in [-0.2, 0) is 0 Å². The summed E-state index contributed by atoms with van der Waals surface area (Å²) in [6.45, 7) is 0. The van der Waals surface area contributed by atoms with Gasteiger partial charge in [0.15, 0.2) is 0 Å². The molecule has 18 heavy (non-hydrogen) atoms. The fourth-order valence-electron chi connectivity index (χ4n) is 1.27. The molecule has 2 aromatic rings. The maximum absolute atomic E-state index is 12.6. The van der Waals surface area contributed by atoms with Gasteiger partial charge in [-0.3, -0.25) is 4.79 Å². The Morgan fingerprint density at radius 2 is 2.06 bits per heavy atom. The summed E-state index contributed by atoms with van der Waals surface area (Å²) in [5.74, 6) is 4.88. The zero-order chi connectivity index (χ0) is 13.0. The van der Waals surface area contributed by atoms with Crippen molar-refractivity contribution < 1.29 is 9.18 Å². The van der Waals surface area contributed by atoms with E-state index in [0.29, 0.717) is 5.82 Å². The van der Waals surface area contributed by atoms with E-state index in [1.807, 2.05) is 0 Å².